The summed E-state index contributed by atoms with van der Waals surface area (Å²) in [5.41, 5.74) is 5.73. The van der Waals surface area contributed by atoms with Gasteiger partial charge in [-0.2, -0.15) is 4.98 Å². The molecule has 96 valence electrons. The van der Waals surface area contributed by atoms with Gasteiger partial charge >= 0.3 is 4.87 Å². The standard InChI is InChI=1S/C11H14N4O2S/c1-3-4-5-6-15-8-7(18-11(15)17)9(16)14(2)10(12)13-8/h4-5H,3,6H2,1-2H3,(H2,12,13). The summed E-state index contributed by atoms with van der Waals surface area (Å²) in [5.74, 6) is 0.110. The second-order valence-electron chi connectivity index (χ2n) is 3.85. The van der Waals surface area contributed by atoms with Crippen LogP contribution in [0.5, 0.6) is 0 Å². The molecule has 0 saturated heterocycles. The van der Waals surface area contributed by atoms with E-state index in [4.69, 9.17) is 5.73 Å². The van der Waals surface area contributed by atoms with Crippen molar-refractivity contribution in [2.24, 2.45) is 7.05 Å². The minimum Gasteiger partial charge on any atom is -0.369 e. The predicted molar refractivity (Wildman–Crippen MR) is 73.0 cm³/mol. The van der Waals surface area contributed by atoms with Crippen molar-refractivity contribution in [2.45, 2.75) is 19.9 Å². The summed E-state index contributed by atoms with van der Waals surface area (Å²) in [6.45, 7) is 2.42. The molecule has 0 fully saturated rings. The number of rotatable bonds is 3. The average Bonchev–Trinajstić information content (AvgIpc) is 2.65. The van der Waals surface area contributed by atoms with Crippen LogP contribution in [0, 0.1) is 0 Å². The SMILES string of the molecule is CCC=CCn1c(=O)sc2c(=O)n(C)c(N)nc21. The Kier molecular flexibility index (Phi) is 3.33. The highest BCUT2D eigenvalue weighted by molar-refractivity contribution is 7.16. The van der Waals surface area contributed by atoms with E-state index >= 15 is 0 Å². The number of nitrogen functional groups attached to an aromatic ring is 1. The van der Waals surface area contributed by atoms with Crippen molar-refractivity contribution >= 4 is 27.6 Å². The smallest absolute Gasteiger partial charge is 0.309 e. The normalized spacial score (nSPS) is 11.7. The first-order valence-corrected chi connectivity index (χ1v) is 6.38. The fourth-order valence-corrected chi connectivity index (χ4v) is 2.51. The summed E-state index contributed by atoms with van der Waals surface area (Å²) in [7, 11) is 1.54. The minimum absolute atomic E-state index is 0.110. The van der Waals surface area contributed by atoms with Crippen LogP contribution in [-0.4, -0.2) is 14.1 Å². The number of hydrogen-bond donors (Lipinski definition) is 1. The quantitative estimate of drug-likeness (QED) is 0.829. The number of hydrogen-bond acceptors (Lipinski definition) is 5. The van der Waals surface area contributed by atoms with Gasteiger partial charge in [0.25, 0.3) is 5.56 Å². The molecule has 0 aromatic carbocycles. The van der Waals surface area contributed by atoms with Crippen LogP contribution in [0.4, 0.5) is 5.95 Å². The molecule has 6 nitrogen and oxygen atoms in total. The lowest BCUT2D eigenvalue weighted by Crippen LogP contribution is -2.21. The summed E-state index contributed by atoms with van der Waals surface area (Å²) in [6.07, 6.45) is 4.73. The number of aromatic nitrogens is 3. The number of fused-ring (bicyclic) bond motifs is 1. The van der Waals surface area contributed by atoms with Crippen molar-refractivity contribution in [1.29, 1.82) is 0 Å². The molecule has 0 aliphatic carbocycles. The summed E-state index contributed by atoms with van der Waals surface area (Å²) in [4.78, 5) is 27.7. The molecule has 0 aliphatic rings. The van der Waals surface area contributed by atoms with Gasteiger partial charge in [-0.05, 0) is 6.42 Å². The van der Waals surface area contributed by atoms with Gasteiger partial charge in [0.15, 0.2) is 5.65 Å². The third-order valence-corrected chi connectivity index (χ3v) is 3.58. The maximum absolute atomic E-state index is 11.9. The average molecular weight is 266 g/mol. The lowest BCUT2D eigenvalue weighted by Gasteiger charge is -2.03. The van der Waals surface area contributed by atoms with Crippen LogP contribution < -0.4 is 16.2 Å². The minimum atomic E-state index is -0.280. The topological polar surface area (TPSA) is 82.9 Å². The zero-order valence-corrected chi connectivity index (χ0v) is 11.0. The van der Waals surface area contributed by atoms with Crippen LogP contribution in [-0.2, 0) is 13.6 Å². The second-order valence-corrected chi connectivity index (χ2v) is 4.81. The molecule has 2 rings (SSSR count). The van der Waals surface area contributed by atoms with E-state index in [-0.39, 0.29) is 16.4 Å². The largest absolute Gasteiger partial charge is 0.369 e. The van der Waals surface area contributed by atoms with Crippen molar-refractivity contribution in [1.82, 2.24) is 14.1 Å². The molecule has 0 radical (unpaired) electrons. The van der Waals surface area contributed by atoms with Crippen LogP contribution >= 0.6 is 11.3 Å². The third kappa shape index (κ3) is 1.97. The first kappa shape index (κ1) is 12.6. The Morgan fingerprint density at radius 2 is 2.11 bits per heavy atom. The lowest BCUT2D eigenvalue weighted by molar-refractivity contribution is 0.806. The number of allylic oxidation sites excluding steroid dienone is 2. The molecule has 7 heteroatoms. The van der Waals surface area contributed by atoms with Crippen LogP contribution in [0.2, 0.25) is 0 Å². The third-order valence-electron chi connectivity index (χ3n) is 2.62. The van der Waals surface area contributed by atoms with Crippen molar-refractivity contribution in [3.05, 3.63) is 32.2 Å². The van der Waals surface area contributed by atoms with Crippen LogP contribution in [0.25, 0.3) is 10.3 Å². The highest BCUT2D eigenvalue weighted by Crippen LogP contribution is 2.12. The number of thiazole rings is 1. The van der Waals surface area contributed by atoms with Crippen molar-refractivity contribution in [3.8, 4) is 0 Å². The monoisotopic (exact) mass is 266 g/mol. The Bertz CT molecular complexity index is 723. The summed E-state index contributed by atoms with van der Waals surface area (Å²) in [5, 5.41) is 0. The van der Waals surface area contributed by atoms with E-state index in [2.05, 4.69) is 4.98 Å². The molecule has 0 aliphatic heterocycles. The van der Waals surface area contributed by atoms with Crippen LogP contribution in [0.15, 0.2) is 21.7 Å². The molecule has 0 saturated carbocycles. The molecule has 0 bridgehead atoms. The Balaban J connectivity index is 2.68. The van der Waals surface area contributed by atoms with E-state index in [1.165, 1.54) is 16.2 Å². The van der Waals surface area contributed by atoms with E-state index in [0.29, 0.717) is 16.9 Å². The molecule has 0 unspecified atom stereocenters. The predicted octanol–water partition coefficient (Wildman–Crippen LogP) is 0.705. The molecule has 0 atom stereocenters. The van der Waals surface area contributed by atoms with Gasteiger partial charge in [-0.3, -0.25) is 18.7 Å². The zero-order valence-electron chi connectivity index (χ0n) is 10.2. The van der Waals surface area contributed by atoms with Crippen LogP contribution in [0.3, 0.4) is 0 Å². The van der Waals surface area contributed by atoms with Crippen molar-refractivity contribution in [2.75, 3.05) is 5.73 Å². The van der Waals surface area contributed by atoms with E-state index in [1.807, 2.05) is 19.1 Å². The van der Waals surface area contributed by atoms with Gasteiger partial charge in [0, 0.05) is 13.6 Å². The van der Waals surface area contributed by atoms with E-state index in [9.17, 15) is 9.59 Å². The summed E-state index contributed by atoms with van der Waals surface area (Å²) >= 11 is 0.908. The Morgan fingerprint density at radius 3 is 2.78 bits per heavy atom. The summed E-state index contributed by atoms with van der Waals surface area (Å²) in [6, 6.07) is 0. The number of anilines is 1. The Hall–Kier alpha value is -1.89. The zero-order chi connectivity index (χ0) is 13.3. The van der Waals surface area contributed by atoms with E-state index < -0.39 is 0 Å². The second kappa shape index (κ2) is 4.77. The van der Waals surface area contributed by atoms with Gasteiger partial charge in [0.2, 0.25) is 5.95 Å². The number of nitrogens with zero attached hydrogens (tertiary/aromatic N) is 3. The summed E-state index contributed by atoms with van der Waals surface area (Å²) < 4.78 is 3.05. The molecule has 2 aromatic rings. The molecule has 0 amide bonds. The molecule has 18 heavy (non-hydrogen) atoms. The maximum Gasteiger partial charge on any atom is 0.309 e. The Morgan fingerprint density at radius 1 is 1.39 bits per heavy atom. The molecular weight excluding hydrogens is 252 g/mol. The molecule has 0 spiro atoms. The number of nitrogens with two attached hydrogens (primary N) is 1. The first-order valence-electron chi connectivity index (χ1n) is 5.57. The van der Waals surface area contributed by atoms with Crippen LogP contribution in [0.1, 0.15) is 13.3 Å². The van der Waals surface area contributed by atoms with E-state index in [1.54, 1.807) is 0 Å². The fourth-order valence-electron chi connectivity index (χ4n) is 1.59. The van der Waals surface area contributed by atoms with E-state index in [0.717, 1.165) is 17.8 Å². The first-order chi connectivity index (χ1) is 8.56. The molecule has 2 N–H and O–H groups in total. The highest BCUT2D eigenvalue weighted by atomic mass is 32.1. The maximum atomic E-state index is 11.9. The van der Waals surface area contributed by atoms with Gasteiger partial charge in [-0.1, -0.05) is 30.4 Å². The molecular formula is C11H14N4O2S. The van der Waals surface area contributed by atoms with Gasteiger partial charge in [-0.15, -0.1) is 0 Å². The fraction of sp³-hybridized carbons (Fsp3) is 0.364. The highest BCUT2D eigenvalue weighted by Gasteiger charge is 2.13. The molecule has 2 heterocycles. The van der Waals surface area contributed by atoms with Crippen molar-refractivity contribution < 1.29 is 0 Å². The lowest BCUT2D eigenvalue weighted by atomic mass is 10.4. The van der Waals surface area contributed by atoms with Crippen molar-refractivity contribution in [3.63, 3.8) is 0 Å². The van der Waals surface area contributed by atoms with Gasteiger partial charge in [-0.25, -0.2) is 0 Å². The molecule has 2 aromatic heterocycles. The Labute approximate surface area is 107 Å². The van der Waals surface area contributed by atoms with Gasteiger partial charge in [0.1, 0.15) is 4.70 Å². The van der Waals surface area contributed by atoms with Gasteiger partial charge in [0.05, 0.1) is 0 Å². The van der Waals surface area contributed by atoms with Gasteiger partial charge < -0.3 is 5.73 Å².